The van der Waals surface area contributed by atoms with Crippen molar-refractivity contribution in [1.29, 1.82) is 0 Å². The summed E-state index contributed by atoms with van der Waals surface area (Å²) in [5.74, 6) is -5.19. The molecular formula is C13H11F8N. The van der Waals surface area contributed by atoms with Gasteiger partial charge >= 0.3 is 18.3 Å². The summed E-state index contributed by atoms with van der Waals surface area (Å²) in [7, 11) is 0. The molecule has 0 radical (unpaired) electrons. The fourth-order valence-electron chi connectivity index (χ4n) is 2.64. The minimum absolute atomic E-state index is 0.00190. The fourth-order valence-corrected chi connectivity index (χ4v) is 2.64. The lowest BCUT2D eigenvalue weighted by Gasteiger charge is -2.39. The molecule has 1 aromatic carbocycles. The lowest BCUT2D eigenvalue weighted by Crippen LogP contribution is -2.59. The maximum atomic E-state index is 13.9. The molecule has 1 nitrogen and oxygen atoms in total. The Labute approximate surface area is 120 Å². The zero-order valence-electron chi connectivity index (χ0n) is 11.0. The van der Waals surface area contributed by atoms with E-state index in [4.69, 9.17) is 0 Å². The van der Waals surface area contributed by atoms with Gasteiger partial charge in [-0.2, -0.15) is 35.1 Å². The van der Waals surface area contributed by atoms with Gasteiger partial charge in [-0.25, -0.2) is 0 Å². The van der Waals surface area contributed by atoms with Gasteiger partial charge in [0.15, 0.2) is 0 Å². The Kier molecular flexibility index (Phi) is 3.92. The van der Waals surface area contributed by atoms with Crippen LogP contribution >= 0.6 is 0 Å². The van der Waals surface area contributed by atoms with Crippen LogP contribution in [0, 0.1) is 0 Å². The van der Waals surface area contributed by atoms with Gasteiger partial charge in [-0.3, -0.25) is 0 Å². The zero-order chi connectivity index (χ0) is 16.8. The van der Waals surface area contributed by atoms with Gasteiger partial charge in [0.2, 0.25) is 0 Å². The summed E-state index contributed by atoms with van der Waals surface area (Å²) in [6, 6.07) is 2.65. The first-order valence-corrected chi connectivity index (χ1v) is 6.29. The van der Waals surface area contributed by atoms with Crippen LogP contribution in [0.1, 0.15) is 24.0 Å². The Hall–Kier alpha value is -1.38. The Bertz CT molecular complexity index is 540. The first-order valence-electron chi connectivity index (χ1n) is 6.29. The van der Waals surface area contributed by atoms with Crippen LogP contribution in [0.4, 0.5) is 35.1 Å². The number of benzene rings is 1. The monoisotopic (exact) mass is 333 g/mol. The average Bonchev–Trinajstić information content (AvgIpc) is 2.87. The van der Waals surface area contributed by atoms with Crippen molar-refractivity contribution < 1.29 is 35.1 Å². The topological polar surface area (TPSA) is 12.0 Å². The molecule has 1 fully saturated rings. The highest BCUT2D eigenvalue weighted by molar-refractivity contribution is 5.35. The molecule has 1 atom stereocenters. The molecule has 9 heteroatoms. The lowest BCUT2D eigenvalue weighted by atomic mass is 9.81. The number of halogens is 8. The predicted molar refractivity (Wildman–Crippen MR) is 61.4 cm³/mol. The normalized spacial score (nSPS) is 23.8. The Morgan fingerprint density at radius 1 is 0.955 bits per heavy atom. The maximum Gasteiger partial charge on any atom is 0.455 e. The molecule has 0 aromatic heterocycles. The van der Waals surface area contributed by atoms with Crippen LogP contribution in [0.2, 0.25) is 0 Å². The number of alkyl halides is 8. The summed E-state index contributed by atoms with van der Waals surface area (Å²) in [6.07, 6.45) is -11.3. The molecule has 1 aromatic rings. The SMILES string of the molecule is FC(F)(F)c1cccc([C@]2(C(F)(F)C(F)(F)F)CCCN2)c1. The Balaban J connectivity index is 2.59. The molecule has 1 saturated heterocycles. The van der Waals surface area contributed by atoms with Gasteiger partial charge in [0, 0.05) is 0 Å². The number of rotatable bonds is 2. The second-order valence-corrected chi connectivity index (χ2v) is 5.09. The van der Waals surface area contributed by atoms with Gasteiger partial charge < -0.3 is 5.32 Å². The van der Waals surface area contributed by atoms with E-state index in [0.29, 0.717) is 12.1 Å². The van der Waals surface area contributed by atoms with Crippen LogP contribution in [-0.4, -0.2) is 18.6 Å². The molecule has 0 bridgehead atoms. The first-order chi connectivity index (χ1) is 9.92. The second-order valence-electron chi connectivity index (χ2n) is 5.09. The van der Waals surface area contributed by atoms with E-state index in [2.05, 4.69) is 5.32 Å². The van der Waals surface area contributed by atoms with Crippen LogP contribution < -0.4 is 5.32 Å². The summed E-state index contributed by atoms with van der Waals surface area (Å²) in [6.45, 7) is -0.137. The van der Waals surface area contributed by atoms with E-state index in [9.17, 15) is 35.1 Å². The van der Waals surface area contributed by atoms with Crippen molar-refractivity contribution in [2.45, 2.75) is 36.7 Å². The fraction of sp³-hybridized carbons (Fsp3) is 0.538. The molecule has 1 aliphatic rings. The van der Waals surface area contributed by atoms with E-state index in [1.54, 1.807) is 0 Å². The third kappa shape index (κ3) is 2.55. The van der Waals surface area contributed by atoms with Gasteiger partial charge in [0.25, 0.3) is 0 Å². The highest BCUT2D eigenvalue weighted by Gasteiger charge is 2.71. The molecule has 0 spiro atoms. The molecule has 22 heavy (non-hydrogen) atoms. The highest BCUT2D eigenvalue weighted by Crippen LogP contribution is 2.52. The molecule has 1 N–H and O–H groups in total. The van der Waals surface area contributed by atoms with Crippen molar-refractivity contribution in [1.82, 2.24) is 5.32 Å². The Morgan fingerprint density at radius 3 is 2.05 bits per heavy atom. The average molecular weight is 333 g/mol. The molecule has 0 unspecified atom stereocenters. The summed E-state index contributed by atoms with van der Waals surface area (Å²) in [4.78, 5) is 0. The quantitative estimate of drug-likeness (QED) is 0.787. The van der Waals surface area contributed by atoms with Gasteiger partial charge in [-0.05, 0) is 37.1 Å². The number of hydrogen-bond donors (Lipinski definition) is 1. The maximum absolute atomic E-state index is 13.9. The predicted octanol–water partition coefficient (Wildman–Crippen LogP) is 4.48. The standard InChI is InChI=1S/C13H11F8N/c14-11(15,16)9-4-1-3-8(7-9)10(5-2-6-22-10)12(17,18)13(19,20)21/h1,3-4,7,22H,2,5-6H2/t10-/m0/s1. The van der Waals surface area contributed by atoms with Gasteiger partial charge in [0.05, 0.1) is 5.56 Å². The zero-order valence-corrected chi connectivity index (χ0v) is 11.0. The van der Waals surface area contributed by atoms with Crippen LogP contribution in [0.5, 0.6) is 0 Å². The molecule has 124 valence electrons. The highest BCUT2D eigenvalue weighted by atomic mass is 19.4. The van der Waals surface area contributed by atoms with Crippen molar-refractivity contribution in [2.75, 3.05) is 6.54 Å². The van der Waals surface area contributed by atoms with Crippen molar-refractivity contribution in [3.63, 3.8) is 0 Å². The van der Waals surface area contributed by atoms with Gasteiger partial charge in [0.1, 0.15) is 5.54 Å². The third-order valence-corrected chi connectivity index (χ3v) is 3.73. The summed E-state index contributed by atoms with van der Waals surface area (Å²) < 4.78 is 104. The molecule has 0 saturated carbocycles. The largest absolute Gasteiger partial charge is 0.455 e. The number of nitrogens with one attached hydrogen (secondary N) is 1. The van der Waals surface area contributed by atoms with Gasteiger partial charge in [-0.15, -0.1) is 0 Å². The summed E-state index contributed by atoms with van der Waals surface area (Å²) in [5, 5.41) is 2.07. The molecular weight excluding hydrogens is 322 g/mol. The first kappa shape index (κ1) is 17.0. The van der Waals surface area contributed by atoms with Crippen LogP contribution in [-0.2, 0) is 11.7 Å². The van der Waals surface area contributed by atoms with E-state index in [-0.39, 0.29) is 13.0 Å². The molecule has 0 amide bonds. The lowest BCUT2D eigenvalue weighted by molar-refractivity contribution is -0.312. The van der Waals surface area contributed by atoms with E-state index < -0.39 is 41.4 Å². The van der Waals surface area contributed by atoms with Gasteiger partial charge in [-0.1, -0.05) is 12.1 Å². The molecule has 0 aliphatic carbocycles. The Morgan fingerprint density at radius 2 is 1.59 bits per heavy atom. The van der Waals surface area contributed by atoms with Crippen molar-refractivity contribution in [2.24, 2.45) is 0 Å². The van der Waals surface area contributed by atoms with Crippen molar-refractivity contribution in [3.8, 4) is 0 Å². The van der Waals surface area contributed by atoms with Crippen LogP contribution in [0.25, 0.3) is 0 Å². The van der Waals surface area contributed by atoms with E-state index in [1.165, 1.54) is 0 Å². The van der Waals surface area contributed by atoms with Crippen LogP contribution in [0.15, 0.2) is 24.3 Å². The van der Waals surface area contributed by atoms with E-state index in [0.717, 1.165) is 12.1 Å². The van der Waals surface area contributed by atoms with Crippen molar-refractivity contribution >= 4 is 0 Å². The third-order valence-electron chi connectivity index (χ3n) is 3.73. The minimum Gasteiger partial charge on any atom is -0.302 e. The summed E-state index contributed by atoms with van der Waals surface area (Å²) >= 11 is 0. The molecule has 1 aliphatic heterocycles. The molecule has 2 rings (SSSR count). The second kappa shape index (κ2) is 5.07. The smallest absolute Gasteiger partial charge is 0.302 e. The van der Waals surface area contributed by atoms with Crippen LogP contribution in [0.3, 0.4) is 0 Å². The van der Waals surface area contributed by atoms with Crippen molar-refractivity contribution in [3.05, 3.63) is 35.4 Å². The van der Waals surface area contributed by atoms with E-state index >= 15 is 0 Å². The van der Waals surface area contributed by atoms with E-state index in [1.807, 2.05) is 0 Å². The molecule has 1 heterocycles. The number of hydrogen-bond acceptors (Lipinski definition) is 1. The summed E-state index contributed by atoms with van der Waals surface area (Å²) in [5.41, 5.74) is -4.87. The minimum atomic E-state index is -5.88.